The standard InChI is InChI=1S/C34H49N7O6/c1-30(2,3)15-39-11-17-9-18(12-40-16-31(4,5)6)23(42)20-19(17)10-32(37)13-34(38)26(41(7)8)25(44)21(29(36)47)27(45)33(34,14-35)28(46)22(32)24(20)43/h9,26,39-40,42-43,45H,10-13,15-16,37-38H2,1-8H3,(H2,36,47)/t26-,32-,33+,34-/m1/s1. The second-order valence-electron chi connectivity index (χ2n) is 16.0. The highest BCUT2D eigenvalue weighted by molar-refractivity contribution is 6.25. The number of benzene rings is 1. The van der Waals surface area contributed by atoms with Crippen molar-refractivity contribution in [2.24, 2.45) is 33.4 Å². The number of hydrogen-bond donors (Lipinski definition) is 8. The maximum Gasteiger partial charge on any atom is 0.255 e. The summed E-state index contributed by atoms with van der Waals surface area (Å²) in [5.41, 5.74) is 13.1. The summed E-state index contributed by atoms with van der Waals surface area (Å²) < 4.78 is 0. The molecule has 11 N–H and O–H groups in total. The lowest BCUT2D eigenvalue weighted by Gasteiger charge is -2.58. The van der Waals surface area contributed by atoms with Gasteiger partial charge in [-0.2, -0.15) is 5.26 Å². The summed E-state index contributed by atoms with van der Waals surface area (Å²) in [5.74, 6) is -5.55. The van der Waals surface area contributed by atoms with Gasteiger partial charge in [-0.1, -0.05) is 41.5 Å². The maximum atomic E-state index is 14.7. The Labute approximate surface area is 275 Å². The minimum absolute atomic E-state index is 0.00991. The zero-order chi connectivity index (χ0) is 35.7. The number of hydrogen-bond acceptors (Lipinski definition) is 12. The number of aromatic hydroxyl groups is 1. The molecule has 1 aromatic carbocycles. The zero-order valence-electron chi connectivity index (χ0n) is 28.6. The van der Waals surface area contributed by atoms with E-state index in [9.17, 15) is 35.0 Å². The Balaban J connectivity index is 2.01. The van der Waals surface area contributed by atoms with E-state index in [0.29, 0.717) is 30.8 Å². The third-order valence-electron chi connectivity index (χ3n) is 9.36. The van der Waals surface area contributed by atoms with Gasteiger partial charge in [0.25, 0.3) is 5.91 Å². The molecule has 1 fully saturated rings. The Morgan fingerprint density at radius 1 is 1.02 bits per heavy atom. The summed E-state index contributed by atoms with van der Waals surface area (Å²) in [6.07, 6.45) is -0.515. The van der Waals surface area contributed by atoms with Crippen molar-refractivity contribution in [2.45, 2.75) is 84.6 Å². The topological polar surface area (TPSA) is 241 Å². The summed E-state index contributed by atoms with van der Waals surface area (Å²) in [5, 5.41) is 52.4. The number of nitrogens with zero attached hydrogens (tertiary/aromatic N) is 2. The third-order valence-corrected chi connectivity index (χ3v) is 9.36. The summed E-state index contributed by atoms with van der Waals surface area (Å²) in [4.78, 5) is 42.1. The van der Waals surface area contributed by atoms with Gasteiger partial charge < -0.3 is 43.2 Å². The summed E-state index contributed by atoms with van der Waals surface area (Å²) in [6.45, 7) is 14.3. The van der Waals surface area contributed by atoms with Crippen LogP contribution >= 0.6 is 0 Å². The molecule has 0 bridgehead atoms. The number of phenolic OH excluding ortho intramolecular Hbond substituents is 1. The van der Waals surface area contributed by atoms with Gasteiger partial charge in [0.2, 0.25) is 0 Å². The highest BCUT2D eigenvalue weighted by atomic mass is 16.3. The van der Waals surface area contributed by atoms with Gasteiger partial charge in [0.05, 0.1) is 34.3 Å². The van der Waals surface area contributed by atoms with E-state index in [1.807, 2.05) is 12.1 Å². The van der Waals surface area contributed by atoms with Crippen LogP contribution < -0.4 is 27.8 Å². The number of aliphatic hydroxyl groups excluding tert-OH is 2. The van der Waals surface area contributed by atoms with Crippen molar-refractivity contribution in [3.63, 3.8) is 0 Å². The van der Waals surface area contributed by atoms with Crippen LogP contribution in [0.3, 0.4) is 0 Å². The van der Waals surface area contributed by atoms with E-state index in [2.05, 4.69) is 52.2 Å². The predicted molar refractivity (Wildman–Crippen MR) is 177 cm³/mol. The van der Waals surface area contributed by atoms with Crippen LogP contribution in [0, 0.1) is 27.6 Å². The lowest BCUT2D eigenvalue weighted by atomic mass is 9.47. The van der Waals surface area contributed by atoms with E-state index in [4.69, 9.17) is 17.2 Å². The smallest absolute Gasteiger partial charge is 0.255 e. The Hall–Kier alpha value is -3.80. The van der Waals surface area contributed by atoms with Gasteiger partial charge in [0.1, 0.15) is 22.8 Å². The van der Waals surface area contributed by atoms with Crippen molar-refractivity contribution < 1.29 is 29.7 Å². The quantitative estimate of drug-likeness (QED) is 0.185. The van der Waals surface area contributed by atoms with Crippen molar-refractivity contribution in [1.29, 1.82) is 5.26 Å². The molecule has 13 nitrogen and oxygen atoms in total. The van der Waals surface area contributed by atoms with Crippen LogP contribution in [-0.4, -0.2) is 82.0 Å². The van der Waals surface area contributed by atoms with Gasteiger partial charge in [0, 0.05) is 31.7 Å². The molecule has 0 heterocycles. The van der Waals surface area contributed by atoms with Crippen LogP contribution in [0.25, 0.3) is 5.76 Å². The number of carbonyl (C=O) groups excluding carboxylic acids is 3. The average Bonchev–Trinajstić information content (AvgIpc) is 2.88. The maximum absolute atomic E-state index is 14.7. The number of phenols is 1. The molecular weight excluding hydrogens is 602 g/mol. The van der Waals surface area contributed by atoms with E-state index in [0.717, 1.165) is 5.56 Å². The molecule has 4 rings (SSSR count). The van der Waals surface area contributed by atoms with Crippen LogP contribution in [0.2, 0.25) is 0 Å². The number of likely N-dealkylation sites (N-methyl/N-ethyl adjacent to an activating group) is 1. The second kappa shape index (κ2) is 11.7. The molecule has 3 aliphatic rings. The average molecular weight is 652 g/mol. The molecule has 1 amide bonds. The monoisotopic (exact) mass is 651 g/mol. The molecule has 3 aliphatic carbocycles. The molecule has 0 radical (unpaired) electrons. The van der Waals surface area contributed by atoms with Crippen LogP contribution in [0.15, 0.2) is 23.0 Å². The lowest BCUT2D eigenvalue weighted by Crippen LogP contribution is -2.80. The molecule has 0 spiro atoms. The molecule has 0 aromatic heterocycles. The van der Waals surface area contributed by atoms with E-state index < -0.39 is 69.1 Å². The van der Waals surface area contributed by atoms with Gasteiger partial charge >= 0.3 is 0 Å². The molecule has 1 saturated carbocycles. The lowest BCUT2D eigenvalue weighted by molar-refractivity contribution is -0.139. The number of aliphatic hydroxyl groups is 2. The zero-order valence-corrected chi connectivity index (χ0v) is 28.6. The first kappa shape index (κ1) is 36.0. The van der Waals surface area contributed by atoms with Crippen LogP contribution in [-0.2, 0) is 33.9 Å². The largest absolute Gasteiger partial charge is 0.509 e. The first-order valence-electron chi connectivity index (χ1n) is 15.7. The van der Waals surface area contributed by atoms with Crippen molar-refractivity contribution in [3.05, 3.63) is 45.2 Å². The SMILES string of the molecule is CN(C)[C@@H]1C(=O)C(C(N)=O)=C(O)[C@@]2(C#N)C(=O)C3=C(O)c4c(O)c(CNCC(C)(C)C)cc(CNCC(C)(C)C)c4C[C@@]3(N)C[C@@]12N. The molecular formula is C34H49N7O6. The number of Topliss-reactive ketones (excluding diaryl/α,β-unsaturated/α-hetero) is 2. The van der Waals surface area contributed by atoms with Crippen molar-refractivity contribution in [2.75, 3.05) is 27.2 Å². The minimum atomic E-state index is -2.71. The first-order chi connectivity index (χ1) is 21.5. The minimum Gasteiger partial charge on any atom is -0.509 e. The van der Waals surface area contributed by atoms with E-state index in [1.54, 1.807) is 0 Å². The summed E-state index contributed by atoms with van der Waals surface area (Å²) >= 11 is 0. The first-order valence-corrected chi connectivity index (χ1v) is 15.7. The van der Waals surface area contributed by atoms with E-state index in [1.165, 1.54) is 19.0 Å². The summed E-state index contributed by atoms with van der Waals surface area (Å²) in [7, 11) is 2.97. The Bertz CT molecular complexity index is 1640. The fourth-order valence-electron chi connectivity index (χ4n) is 7.47. The fraction of sp³-hybridized carbons (Fsp3) is 0.588. The Morgan fingerprint density at radius 3 is 2.02 bits per heavy atom. The highest BCUT2D eigenvalue weighted by Crippen LogP contribution is 2.58. The molecule has 256 valence electrons. The van der Waals surface area contributed by atoms with Gasteiger partial charge in [-0.25, -0.2) is 0 Å². The normalized spacial score (nSPS) is 27.8. The van der Waals surface area contributed by atoms with Crippen molar-refractivity contribution in [3.8, 4) is 11.8 Å². The molecule has 0 unspecified atom stereocenters. The highest BCUT2D eigenvalue weighted by Gasteiger charge is 2.74. The van der Waals surface area contributed by atoms with Crippen LogP contribution in [0.1, 0.15) is 70.2 Å². The van der Waals surface area contributed by atoms with E-state index >= 15 is 0 Å². The summed E-state index contributed by atoms with van der Waals surface area (Å²) in [6, 6.07) is 2.19. The Kier molecular flexibility index (Phi) is 8.98. The van der Waals surface area contributed by atoms with Gasteiger partial charge in [-0.15, -0.1) is 0 Å². The van der Waals surface area contributed by atoms with Crippen LogP contribution in [0.4, 0.5) is 0 Å². The van der Waals surface area contributed by atoms with Crippen molar-refractivity contribution in [1.82, 2.24) is 15.5 Å². The number of rotatable bonds is 8. The molecule has 0 aliphatic heterocycles. The third kappa shape index (κ3) is 5.72. The molecule has 4 atom stereocenters. The molecule has 0 saturated heterocycles. The van der Waals surface area contributed by atoms with Crippen LogP contribution in [0.5, 0.6) is 5.75 Å². The van der Waals surface area contributed by atoms with Gasteiger partial charge in [-0.3, -0.25) is 19.3 Å². The number of ketones is 2. The van der Waals surface area contributed by atoms with E-state index in [-0.39, 0.29) is 35.1 Å². The van der Waals surface area contributed by atoms with Crippen molar-refractivity contribution >= 4 is 23.2 Å². The number of nitrogens with two attached hydrogens (primary N) is 3. The number of amides is 1. The number of nitrogens with one attached hydrogen (secondary N) is 2. The number of nitriles is 1. The molecule has 13 heteroatoms. The van der Waals surface area contributed by atoms with Gasteiger partial charge in [0.15, 0.2) is 17.0 Å². The molecule has 1 aromatic rings. The Morgan fingerprint density at radius 2 is 1.55 bits per heavy atom. The number of carbonyl (C=O) groups is 3. The number of primary amides is 1. The number of fused-ring (bicyclic) bond motifs is 3. The molecule has 47 heavy (non-hydrogen) atoms. The fourth-order valence-corrected chi connectivity index (χ4v) is 7.47. The van der Waals surface area contributed by atoms with Gasteiger partial charge in [-0.05, 0) is 55.0 Å². The second-order valence-corrected chi connectivity index (χ2v) is 16.0. The predicted octanol–water partition coefficient (Wildman–Crippen LogP) is 1.18.